The van der Waals surface area contributed by atoms with Crippen molar-refractivity contribution in [3.8, 4) is 5.75 Å². The standard InChI is InChI=1S/C18H15N3O3S/c1-9-10(2)25-16-14(9)17(23)21-13(15(22)19-18(21)20-16)8-11-4-6-12(24-3)7-5-11/h4-8H,1-3H3,(H,19,20,22)/b13-8-. The Morgan fingerprint density at radius 2 is 1.92 bits per heavy atom. The molecule has 3 heterocycles. The molecule has 0 amide bonds. The number of aryl methyl sites for hydroxylation is 2. The van der Waals surface area contributed by atoms with E-state index in [-0.39, 0.29) is 22.2 Å². The van der Waals surface area contributed by atoms with Crippen LogP contribution >= 0.6 is 11.3 Å². The first kappa shape index (κ1) is 15.6. The van der Waals surface area contributed by atoms with Crippen LogP contribution < -0.4 is 21.2 Å². The van der Waals surface area contributed by atoms with Gasteiger partial charge in [0.25, 0.3) is 11.1 Å². The second-order valence-corrected chi connectivity index (χ2v) is 7.00. The maximum Gasteiger partial charge on any atom is 0.275 e. The number of imidazole rings is 1. The summed E-state index contributed by atoms with van der Waals surface area (Å²) in [5.74, 6) is 0.992. The average Bonchev–Trinajstić information content (AvgIpc) is 3.05. The highest BCUT2D eigenvalue weighted by Crippen LogP contribution is 2.25. The van der Waals surface area contributed by atoms with Crippen LogP contribution in [-0.2, 0) is 0 Å². The third-order valence-electron chi connectivity index (χ3n) is 4.32. The fraction of sp³-hybridized carbons (Fsp3) is 0.167. The molecular weight excluding hydrogens is 338 g/mol. The first-order chi connectivity index (χ1) is 12.0. The van der Waals surface area contributed by atoms with E-state index in [9.17, 15) is 9.59 Å². The Morgan fingerprint density at radius 1 is 1.20 bits per heavy atom. The molecule has 0 atom stereocenters. The van der Waals surface area contributed by atoms with Gasteiger partial charge in [0, 0.05) is 4.88 Å². The molecule has 6 nitrogen and oxygen atoms in total. The Morgan fingerprint density at radius 3 is 2.60 bits per heavy atom. The number of aromatic nitrogens is 3. The van der Waals surface area contributed by atoms with Crippen LogP contribution in [0.5, 0.6) is 5.75 Å². The topological polar surface area (TPSA) is 76.5 Å². The van der Waals surface area contributed by atoms with Crippen molar-refractivity contribution >= 4 is 33.4 Å². The number of hydrogen-bond donors (Lipinski definition) is 1. The van der Waals surface area contributed by atoms with Crippen molar-refractivity contribution in [1.82, 2.24) is 14.4 Å². The summed E-state index contributed by atoms with van der Waals surface area (Å²) in [5.41, 5.74) is 1.15. The van der Waals surface area contributed by atoms with Crippen LogP contribution in [0, 0.1) is 13.8 Å². The Kier molecular flexibility index (Phi) is 3.47. The minimum Gasteiger partial charge on any atom is -0.497 e. The number of thiophene rings is 1. The maximum absolute atomic E-state index is 13.0. The summed E-state index contributed by atoms with van der Waals surface area (Å²) in [7, 11) is 1.59. The van der Waals surface area contributed by atoms with Crippen LogP contribution in [0.1, 0.15) is 16.0 Å². The van der Waals surface area contributed by atoms with Gasteiger partial charge in [-0.2, -0.15) is 0 Å². The number of fused-ring (bicyclic) bond motifs is 2. The van der Waals surface area contributed by atoms with Crippen LogP contribution in [0.25, 0.3) is 22.1 Å². The van der Waals surface area contributed by atoms with Gasteiger partial charge in [0.15, 0.2) is 0 Å². The Hall–Kier alpha value is -2.93. The number of rotatable bonds is 2. The Balaban J connectivity index is 2.08. The minimum absolute atomic E-state index is 0.222. The van der Waals surface area contributed by atoms with Gasteiger partial charge in [-0.1, -0.05) is 12.1 Å². The molecule has 0 spiro atoms. The number of aromatic amines is 1. The quantitative estimate of drug-likeness (QED) is 0.596. The number of H-pyrrole nitrogens is 1. The Labute approximate surface area is 146 Å². The fourth-order valence-electron chi connectivity index (χ4n) is 2.86. The van der Waals surface area contributed by atoms with Crippen molar-refractivity contribution in [2.75, 3.05) is 7.11 Å². The summed E-state index contributed by atoms with van der Waals surface area (Å²) < 4.78 is 6.49. The SMILES string of the molecule is COc1ccc(/C=c2/c(=O)[nH]c3nc4sc(C)c(C)c4c(=O)n23)cc1. The molecular formula is C18H15N3O3S. The van der Waals surface area contributed by atoms with Crippen molar-refractivity contribution < 1.29 is 4.74 Å². The van der Waals surface area contributed by atoms with Crippen molar-refractivity contribution in [3.63, 3.8) is 0 Å². The third-order valence-corrected chi connectivity index (χ3v) is 5.42. The van der Waals surface area contributed by atoms with Crippen molar-refractivity contribution in [3.05, 3.63) is 66.3 Å². The lowest BCUT2D eigenvalue weighted by Gasteiger charge is -1.99. The van der Waals surface area contributed by atoms with Crippen molar-refractivity contribution in [2.24, 2.45) is 0 Å². The summed E-state index contributed by atoms with van der Waals surface area (Å²) in [6, 6.07) is 7.26. The highest BCUT2D eigenvalue weighted by atomic mass is 32.1. The van der Waals surface area contributed by atoms with Crippen LogP contribution in [0.4, 0.5) is 0 Å². The van der Waals surface area contributed by atoms with E-state index < -0.39 is 0 Å². The van der Waals surface area contributed by atoms with Gasteiger partial charge < -0.3 is 4.74 Å². The highest BCUT2D eigenvalue weighted by Gasteiger charge is 2.15. The number of ether oxygens (including phenoxy) is 1. The zero-order chi connectivity index (χ0) is 17.7. The highest BCUT2D eigenvalue weighted by molar-refractivity contribution is 7.18. The maximum atomic E-state index is 13.0. The van der Waals surface area contributed by atoms with Crippen molar-refractivity contribution in [1.29, 1.82) is 0 Å². The molecule has 0 saturated heterocycles. The minimum atomic E-state index is -0.340. The average molecular weight is 353 g/mol. The van der Waals surface area contributed by atoms with E-state index in [1.807, 2.05) is 26.0 Å². The van der Waals surface area contributed by atoms with Gasteiger partial charge in [-0.25, -0.2) is 9.38 Å². The van der Waals surface area contributed by atoms with E-state index in [0.717, 1.165) is 21.8 Å². The summed E-state index contributed by atoms with van der Waals surface area (Å²) >= 11 is 1.46. The molecule has 0 saturated carbocycles. The first-order valence-electron chi connectivity index (χ1n) is 7.70. The van der Waals surface area contributed by atoms with Crippen LogP contribution in [0.15, 0.2) is 33.9 Å². The van der Waals surface area contributed by atoms with E-state index in [1.165, 1.54) is 15.7 Å². The third kappa shape index (κ3) is 2.35. The molecule has 0 bridgehead atoms. The molecule has 4 aromatic rings. The molecule has 25 heavy (non-hydrogen) atoms. The zero-order valence-corrected chi connectivity index (χ0v) is 14.7. The molecule has 126 valence electrons. The van der Waals surface area contributed by atoms with Crippen LogP contribution in [0.3, 0.4) is 0 Å². The second-order valence-electron chi connectivity index (χ2n) is 5.80. The monoisotopic (exact) mass is 353 g/mol. The fourth-order valence-corrected chi connectivity index (χ4v) is 3.88. The van der Waals surface area contributed by atoms with E-state index >= 15 is 0 Å². The van der Waals surface area contributed by atoms with E-state index in [2.05, 4.69) is 9.97 Å². The number of nitrogens with zero attached hydrogens (tertiary/aromatic N) is 2. The van der Waals surface area contributed by atoms with E-state index in [0.29, 0.717) is 10.2 Å². The molecule has 0 aliphatic heterocycles. The molecule has 0 fully saturated rings. The van der Waals surface area contributed by atoms with Crippen molar-refractivity contribution in [2.45, 2.75) is 13.8 Å². The smallest absolute Gasteiger partial charge is 0.275 e. The molecule has 0 radical (unpaired) electrons. The predicted octanol–water partition coefficient (Wildman–Crippen LogP) is 1.77. The summed E-state index contributed by atoms with van der Waals surface area (Å²) in [6.07, 6.45) is 1.68. The summed E-state index contributed by atoms with van der Waals surface area (Å²) in [6.45, 7) is 3.87. The molecule has 0 unspecified atom stereocenters. The van der Waals surface area contributed by atoms with Gasteiger partial charge in [-0.15, -0.1) is 11.3 Å². The molecule has 0 aliphatic rings. The first-order valence-corrected chi connectivity index (χ1v) is 8.51. The number of methoxy groups -OCH3 is 1. The normalized spacial score (nSPS) is 12.4. The molecule has 7 heteroatoms. The molecule has 3 aromatic heterocycles. The van der Waals surface area contributed by atoms with E-state index in [4.69, 9.17) is 4.74 Å². The van der Waals surface area contributed by atoms with Gasteiger partial charge in [0.05, 0.1) is 12.5 Å². The zero-order valence-electron chi connectivity index (χ0n) is 13.9. The predicted molar refractivity (Wildman–Crippen MR) is 98.7 cm³/mol. The largest absolute Gasteiger partial charge is 0.497 e. The van der Waals surface area contributed by atoms with Gasteiger partial charge >= 0.3 is 0 Å². The van der Waals surface area contributed by atoms with Gasteiger partial charge in [-0.05, 0) is 43.2 Å². The van der Waals surface area contributed by atoms with Crippen LogP contribution in [0.2, 0.25) is 0 Å². The summed E-state index contributed by atoms with van der Waals surface area (Å²) in [4.78, 5) is 34.2. The van der Waals surface area contributed by atoms with Crippen LogP contribution in [-0.4, -0.2) is 21.5 Å². The van der Waals surface area contributed by atoms with Gasteiger partial charge in [-0.3, -0.25) is 14.6 Å². The Bertz CT molecular complexity index is 1280. The summed E-state index contributed by atoms with van der Waals surface area (Å²) in [5, 5.41) is 0.839. The number of benzene rings is 1. The lowest BCUT2D eigenvalue weighted by atomic mass is 10.2. The molecule has 1 aromatic carbocycles. The molecule has 1 N–H and O–H groups in total. The number of hydrogen-bond acceptors (Lipinski definition) is 5. The molecule has 0 aliphatic carbocycles. The van der Waals surface area contributed by atoms with Gasteiger partial charge in [0.2, 0.25) is 5.78 Å². The second kappa shape index (κ2) is 5.56. The van der Waals surface area contributed by atoms with Gasteiger partial charge in [0.1, 0.15) is 15.9 Å². The number of nitrogens with one attached hydrogen (secondary N) is 1. The lowest BCUT2D eigenvalue weighted by Crippen LogP contribution is -2.32. The lowest BCUT2D eigenvalue weighted by molar-refractivity contribution is 0.415. The molecule has 4 rings (SSSR count). The van der Waals surface area contributed by atoms with E-state index in [1.54, 1.807) is 25.3 Å².